The maximum absolute atomic E-state index is 13.5. The van der Waals surface area contributed by atoms with Gasteiger partial charge in [0, 0.05) is 5.69 Å². The van der Waals surface area contributed by atoms with Crippen molar-refractivity contribution in [3.8, 4) is 0 Å². The normalized spacial score (nSPS) is 11.6. The molecule has 0 unspecified atom stereocenters. The first-order chi connectivity index (χ1) is 17.3. The molecule has 0 atom stereocenters. The van der Waals surface area contributed by atoms with Crippen LogP contribution in [0, 0.1) is 6.92 Å². The fourth-order valence-corrected chi connectivity index (χ4v) is 4.94. The standard InChI is InChI=1S/C25H22ClF3N2O5S/c1-3-36-24(33)17-5-4-6-18(13-17)30-23(32)15-31(37(34,35)20-10-7-16(2)8-11-20)19-9-12-22(26)21(14-19)25(27,28)29/h4-14H,3,15H2,1-2H3,(H,30,32). The number of halogens is 4. The van der Waals surface area contributed by atoms with Crippen molar-refractivity contribution >= 4 is 44.9 Å². The number of carbonyl (C=O) groups is 2. The number of carbonyl (C=O) groups excluding carboxylic acids is 2. The van der Waals surface area contributed by atoms with E-state index in [0.29, 0.717) is 10.4 Å². The Morgan fingerprint density at radius 2 is 1.70 bits per heavy atom. The molecule has 0 aliphatic carbocycles. The summed E-state index contributed by atoms with van der Waals surface area (Å²) >= 11 is 5.71. The number of esters is 1. The number of amides is 1. The number of aryl methyl sites for hydroxylation is 1. The second-order valence-electron chi connectivity index (χ2n) is 7.84. The van der Waals surface area contributed by atoms with Gasteiger partial charge in [0.25, 0.3) is 10.0 Å². The number of rotatable bonds is 8. The fourth-order valence-electron chi connectivity index (χ4n) is 3.31. The molecule has 0 aromatic heterocycles. The van der Waals surface area contributed by atoms with Crippen LogP contribution in [0.2, 0.25) is 5.02 Å². The molecule has 0 aliphatic heterocycles. The van der Waals surface area contributed by atoms with Gasteiger partial charge in [0.2, 0.25) is 5.91 Å². The molecule has 12 heteroatoms. The predicted octanol–water partition coefficient (Wildman–Crippen LogP) is 5.68. The molecule has 0 heterocycles. The molecule has 3 aromatic carbocycles. The zero-order valence-corrected chi connectivity index (χ0v) is 21.2. The maximum atomic E-state index is 13.5. The average molecular weight is 555 g/mol. The zero-order valence-electron chi connectivity index (χ0n) is 19.7. The Morgan fingerprint density at radius 3 is 2.32 bits per heavy atom. The van der Waals surface area contributed by atoms with Crippen LogP contribution in [0.1, 0.15) is 28.4 Å². The highest BCUT2D eigenvalue weighted by molar-refractivity contribution is 7.92. The predicted molar refractivity (Wildman–Crippen MR) is 133 cm³/mol. The highest BCUT2D eigenvalue weighted by Crippen LogP contribution is 2.38. The number of sulfonamides is 1. The molecule has 3 rings (SSSR count). The lowest BCUT2D eigenvalue weighted by molar-refractivity contribution is -0.137. The molecule has 0 saturated heterocycles. The second-order valence-corrected chi connectivity index (χ2v) is 10.1. The molecule has 0 radical (unpaired) electrons. The van der Waals surface area contributed by atoms with Crippen molar-refractivity contribution in [3.63, 3.8) is 0 Å². The lowest BCUT2D eigenvalue weighted by atomic mass is 10.2. The number of hydrogen-bond acceptors (Lipinski definition) is 5. The molecule has 0 aliphatic rings. The summed E-state index contributed by atoms with van der Waals surface area (Å²) in [5, 5.41) is 1.85. The minimum Gasteiger partial charge on any atom is -0.462 e. The highest BCUT2D eigenvalue weighted by atomic mass is 35.5. The monoisotopic (exact) mass is 554 g/mol. The van der Waals surface area contributed by atoms with E-state index in [1.165, 1.54) is 48.5 Å². The van der Waals surface area contributed by atoms with E-state index in [1.807, 2.05) is 0 Å². The van der Waals surface area contributed by atoms with E-state index in [9.17, 15) is 31.2 Å². The van der Waals surface area contributed by atoms with Crippen LogP contribution >= 0.6 is 11.6 Å². The van der Waals surface area contributed by atoms with Crippen molar-refractivity contribution in [2.45, 2.75) is 24.9 Å². The third-order valence-corrected chi connectivity index (χ3v) is 7.21. The van der Waals surface area contributed by atoms with Gasteiger partial charge in [0.05, 0.1) is 33.3 Å². The highest BCUT2D eigenvalue weighted by Gasteiger charge is 2.35. The number of ether oxygens (including phenoxy) is 1. The summed E-state index contributed by atoms with van der Waals surface area (Å²) in [5.41, 5.74) is -0.590. The van der Waals surface area contributed by atoms with Crippen molar-refractivity contribution in [2.24, 2.45) is 0 Å². The van der Waals surface area contributed by atoms with Crippen molar-refractivity contribution in [1.29, 1.82) is 0 Å². The van der Waals surface area contributed by atoms with Gasteiger partial charge in [-0.15, -0.1) is 0 Å². The molecule has 0 spiro atoms. The Bertz CT molecular complexity index is 1410. The van der Waals surface area contributed by atoms with Gasteiger partial charge >= 0.3 is 12.1 Å². The summed E-state index contributed by atoms with van der Waals surface area (Å²) in [5.74, 6) is -1.48. The molecular weight excluding hydrogens is 533 g/mol. The van der Waals surface area contributed by atoms with E-state index in [2.05, 4.69) is 5.32 Å². The van der Waals surface area contributed by atoms with E-state index in [4.69, 9.17) is 16.3 Å². The van der Waals surface area contributed by atoms with Crippen LogP contribution in [0.4, 0.5) is 24.5 Å². The van der Waals surface area contributed by atoms with Crippen molar-refractivity contribution in [2.75, 3.05) is 22.8 Å². The number of nitrogens with zero attached hydrogens (tertiary/aromatic N) is 1. The van der Waals surface area contributed by atoms with E-state index in [0.717, 1.165) is 17.7 Å². The first-order valence-electron chi connectivity index (χ1n) is 10.9. The summed E-state index contributed by atoms with van der Waals surface area (Å²) in [7, 11) is -4.47. The van der Waals surface area contributed by atoms with Gasteiger partial charge in [0.1, 0.15) is 6.54 Å². The molecule has 0 saturated carbocycles. The first kappa shape index (κ1) is 28.0. The SMILES string of the molecule is CCOC(=O)c1cccc(NC(=O)CN(c2ccc(Cl)c(C(F)(F)F)c2)S(=O)(=O)c2ccc(C)cc2)c1. The number of benzene rings is 3. The number of anilines is 2. The minimum absolute atomic E-state index is 0.141. The lowest BCUT2D eigenvalue weighted by Crippen LogP contribution is -2.38. The topological polar surface area (TPSA) is 92.8 Å². The lowest BCUT2D eigenvalue weighted by Gasteiger charge is -2.25. The largest absolute Gasteiger partial charge is 0.462 e. The number of hydrogen-bond donors (Lipinski definition) is 1. The second kappa shape index (κ2) is 11.2. The molecule has 7 nitrogen and oxygen atoms in total. The molecule has 1 amide bonds. The maximum Gasteiger partial charge on any atom is 0.417 e. The first-order valence-corrected chi connectivity index (χ1v) is 12.7. The van der Waals surface area contributed by atoms with E-state index in [-0.39, 0.29) is 22.8 Å². The van der Waals surface area contributed by atoms with Crippen LogP contribution in [0.5, 0.6) is 0 Å². The summed E-state index contributed by atoms with van der Waals surface area (Å²) < 4.78 is 72.9. The van der Waals surface area contributed by atoms with E-state index >= 15 is 0 Å². The zero-order chi connectivity index (χ0) is 27.4. The molecule has 0 fully saturated rings. The number of alkyl halides is 3. The average Bonchev–Trinajstić information content (AvgIpc) is 2.83. The van der Waals surface area contributed by atoms with Gasteiger partial charge < -0.3 is 10.1 Å². The summed E-state index contributed by atoms with van der Waals surface area (Å²) in [6, 6.07) is 13.9. The van der Waals surface area contributed by atoms with Crippen molar-refractivity contribution in [1.82, 2.24) is 0 Å². The van der Waals surface area contributed by atoms with Crippen LogP contribution in [0.3, 0.4) is 0 Å². The fraction of sp³-hybridized carbons (Fsp3) is 0.200. The molecule has 1 N–H and O–H groups in total. The third-order valence-electron chi connectivity index (χ3n) is 5.10. The summed E-state index contributed by atoms with van der Waals surface area (Å²) in [4.78, 5) is 24.7. The third kappa shape index (κ3) is 6.80. The van der Waals surface area contributed by atoms with E-state index < -0.39 is 50.9 Å². The Labute approximate surface area is 216 Å². The van der Waals surface area contributed by atoms with Crippen LogP contribution in [0.15, 0.2) is 71.6 Å². The minimum atomic E-state index is -4.86. The summed E-state index contributed by atoms with van der Waals surface area (Å²) in [6.07, 6.45) is -4.86. The van der Waals surface area contributed by atoms with Crippen molar-refractivity contribution in [3.05, 3.63) is 88.4 Å². The molecule has 3 aromatic rings. The Hall–Kier alpha value is -3.57. The Morgan fingerprint density at radius 1 is 1.03 bits per heavy atom. The molecule has 37 heavy (non-hydrogen) atoms. The molecule has 196 valence electrons. The van der Waals surface area contributed by atoms with Gasteiger partial charge in [0.15, 0.2) is 0 Å². The van der Waals surface area contributed by atoms with Gasteiger partial charge in [-0.3, -0.25) is 9.10 Å². The van der Waals surface area contributed by atoms with Gasteiger partial charge in [-0.1, -0.05) is 35.4 Å². The van der Waals surface area contributed by atoms with Crippen LogP contribution in [-0.4, -0.2) is 33.4 Å². The van der Waals surface area contributed by atoms with Crippen LogP contribution in [0.25, 0.3) is 0 Å². The van der Waals surface area contributed by atoms with Crippen LogP contribution < -0.4 is 9.62 Å². The Kier molecular flexibility index (Phi) is 8.49. The Balaban J connectivity index is 2.00. The van der Waals surface area contributed by atoms with E-state index in [1.54, 1.807) is 13.8 Å². The number of nitrogens with one attached hydrogen (secondary N) is 1. The van der Waals surface area contributed by atoms with Gasteiger partial charge in [-0.05, 0) is 62.4 Å². The quantitative estimate of drug-likeness (QED) is 0.362. The summed E-state index contributed by atoms with van der Waals surface area (Å²) in [6.45, 7) is 2.65. The smallest absolute Gasteiger partial charge is 0.417 e. The molecular formula is C25H22ClF3N2O5S. The van der Waals surface area contributed by atoms with Crippen molar-refractivity contribution < 1.29 is 35.9 Å². The van der Waals surface area contributed by atoms with Crippen LogP contribution in [-0.2, 0) is 25.7 Å². The van der Waals surface area contributed by atoms with Gasteiger partial charge in [-0.25, -0.2) is 13.2 Å². The molecule has 0 bridgehead atoms. The van der Waals surface area contributed by atoms with Gasteiger partial charge in [-0.2, -0.15) is 13.2 Å².